The molecule has 1 N–H and O–H groups in total. The van der Waals surface area contributed by atoms with E-state index in [0.717, 1.165) is 48.1 Å². The fourth-order valence-corrected chi connectivity index (χ4v) is 3.84. The van der Waals surface area contributed by atoms with E-state index in [-0.39, 0.29) is 6.09 Å². The number of nitrogens with zero attached hydrogens (tertiary/aromatic N) is 1. The SMILES string of the molecule is COc1ccc2nccc(OCC3CCCC(CNC(=O)OC(C)(C)C)C3)c2c1. The minimum Gasteiger partial charge on any atom is -0.497 e. The van der Waals surface area contributed by atoms with E-state index in [1.807, 2.05) is 45.0 Å². The number of ether oxygens (including phenoxy) is 3. The predicted molar refractivity (Wildman–Crippen MR) is 113 cm³/mol. The maximum atomic E-state index is 11.9. The molecular formula is C23H32N2O4. The molecule has 1 saturated carbocycles. The molecule has 0 bridgehead atoms. The molecule has 3 rings (SSSR count). The van der Waals surface area contributed by atoms with Crippen LogP contribution in [0.25, 0.3) is 10.9 Å². The summed E-state index contributed by atoms with van der Waals surface area (Å²) >= 11 is 0. The number of carbonyl (C=O) groups excluding carboxylic acids is 1. The highest BCUT2D eigenvalue weighted by Crippen LogP contribution is 2.32. The quantitative estimate of drug-likeness (QED) is 0.743. The normalized spacial score (nSPS) is 19.6. The second-order valence-electron chi connectivity index (χ2n) is 8.78. The van der Waals surface area contributed by atoms with E-state index < -0.39 is 5.60 Å². The van der Waals surface area contributed by atoms with Gasteiger partial charge < -0.3 is 19.5 Å². The highest BCUT2D eigenvalue weighted by atomic mass is 16.6. The molecule has 2 atom stereocenters. The van der Waals surface area contributed by atoms with Crippen molar-refractivity contribution in [3.05, 3.63) is 30.5 Å². The lowest BCUT2D eigenvalue weighted by molar-refractivity contribution is 0.0509. The molecule has 1 aromatic carbocycles. The van der Waals surface area contributed by atoms with Gasteiger partial charge in [-0.25, -0.2) is 4.79 Å². The number of amides is 1. The monoisotopic (exact) mass is 400 g/mol. The van der Waals surface area contributed by atoms with E-state index >= 15 is 0 Å². The Labute approximate surface area is 172 Å². The molecule has 2 unspecified atom stereocenters. The van der Waals surface area contributed by atoms with Crippen molar-refractivity contribution < 1.29 is 19.0 Å². The van der Waals surface area contributed by atoms with Gasteiger partial charge in [-0.15, -0.1) is 0 Å². The van der Waals surface area contributed by atoms with E-state index in [0.29, 0.717) is 25.0 Å². The number of hydrogen-bond acceptors (Lipinski definition) is 5. The maximum Gasteiger partial charge on any atom is 0.407 e. The van der Waals surface area contributed by atoms with Crippen LogP contribution in [-0.4, -0.2) is 36.9 Å². The summed E-state index contributed by atoms with van der Waals surface area (Å²) in [4.78, 5) is 16.3. The zero-order valence-electron chi connectivity index (χ0n) is 17.9. The molecule has 0 saturated heterocycles. The molecule has 1 aliphatic rings. The number of aromatic nitrogens is 1. The number of methoxy groups -OCH3 is 1. The molecule has 158 valence electrons. The Hall–Kier alpha value is -2.50. The summed E-state index contributed by atoms with van der Waals surface area (Å²) in [6.45, 7) is 6.94. The summed E-state index contributed by atoms with van der Waals surface area (Å²) in [5, 5.41) is 3.88. The van der Waals surface area contributed by atoms with Crippen molar-refractivity contribution in [1.29, 1.82) is 0 Å². The fourth-order valence-electron chi connectivity index (χ4n) is 3.84. The van der Waals surface area contributed by atoms with Gasteiger partial charge in [-0.1, -0.05) is 6.42 Å². The first-order valence-corrected chi connectivity index (χ1v) is 10.4. The van der Waals surface area contributed by atoms with Crippen LogP contribution in [-0.2, 0) is 4.74 Å². The summed E-state index contributed by atoms with van der Waals surface area (Å²) in [6, 6.07) is 7.72. The highest BCUT2D eigenvalue weighted by molar-refractivity contribution is 5.86. The van der Waals surface area contributed by atoms with Crippen LogP contribution in [0, 0.1) is 11.8 Å². The fraction of sp³-hybridized carbons (Fsp3) is 0.565. The molecule has 1 aliphatic carbocycles. The first-order valence-electron chi connectivity index (χ1n) is 10.4. The molecule has 29 heavy (non-hydrogen) atoms. The van der Waals surface area contributed by atoms with Crippen LogP contribution < -0.4 is 14.8 Å². The van der Waals surface area contributed by atoms with E-state index in [1.165, 1.54) is 0 Å². The van der Waals surface area contributed by atoms with E-state index in [4.69, 9.17) is 14.2 Å². The first kappa shape index (κ1) is 21.2. The van der Waals surface area contributed by atoms with Gasteiger partial charge in [-0.2, -0.15) is 0 Å². The van der Waals surface area contributed by atoms with Gasteiger partial charge in [0.15, 0.2) is 0 Å². The van der Waals surface area contributed by atoms with Crippen LogP contribution in [0.2, 0.25) is 0 Å². The molecule has 1 heterocycles. The van der Waals surface area contributed by atoms with Crippen molar-refractivity contribution in [2.24, 2.45) is 11.8 Å². The van der Waals surface area contributed by atoms with E-state index in [9.17, 15) is 4.79 Å². The Balaban J connectivity index is 1.53. The molecule has 0 radical (unpaired) electrons. The van der Waals surface area contributed by atoms with Crippen molar-refractivity contribution in [2.45, 2.75) is 52.1 Å². The molecule has 6 nitrogen and oxygen atoms in total. The molecule has 1 aromatic heterocycles. The third kappa shape index (κ3) is 6.24. The maximum absolute atomic E-state index is 11.9. The van der Waals surface area contributed by atoms with Crippen LogP contribution in [0.5, 0.6) is 11.5 Å². The van der Waals surface area contributed by atoms with Crippen LogP contribution >= 0.6 is 0 Å². The highest BCUT2D eigenvalue weighted by Gasteiger charge is 2.24. The molecule has 0 aliphatic heterocycles. The largest absolute Gasteiger partial charge is 0.497 e. The number of nitrogens with one attached hydrogen (secondary N) is 1. The number of benzene rings is 1. The van der Waals surface area contributed by atoms with Gasteiger partial charge in [-0.3, -0.25) is 4.98 Å². The van der Waals surface area contributed by atoms with Crippen molar-refractivity contribution >= 4 is 17.0 Å². The van der Waals surface area contributed by atoms with Crippen molar-refractivity contribution in [2.75, 3.05) is 20.3 Å². The molecule has 2 aromatic rings. The second-order valence-corrected chi connectivity index (χ2v) is 8.78. The molecule has 0 spiro atoms. The van der Waals surface area contributed by atoms with Gasteiger partial charge in [0.2, 0.25) is 0 Å². The lowest BCUT2D eigenvalue weighted by Crippen LogP contribution is -2.36. The van der Waals surface area contributed by atoms with Gasteiger partial charge in [-0.05, 0) is 76.1 Å². The number of fused-ring (bicyclic) bond motifs is 1. The Morgan fingerprint density at radius 3 is 2.76 bits per heavy atom. The summed E-state index contributed by atoms with van der Waals surface area (Å²) in [5.74, 6) is 2.56. The summed E-state index contributed by atoms with van der Waals surface area (Å²) in [6.07, 6.45) is 5.91. The second kappa shape index (κ2) is 9.33. The average molecular weight is 401 g/mol. The number of hydrogen-bond donors (Lipinski definition) is 1. The predicted octanol–water partition coefficient (Wildman–Crippen LogP) is 4.95. The smallest absolute Gasteiger partial charge is 0.407 e. The first-order chi connectivity index (χ1) is 13.8. The third-order valence-electron chi connectivity index (χ3n) is 5.21. The van der Waals surface area contributed by atoms with E-state index in [2.05, 4.69) is 10.3 Å². The average Bonchev–Trinajstić information content (AvgIpc) is 2.69. The van der Waals surface area contributed by atoms with E-state index in [1.54, 1.807) is 13.3 Å². The van der Waals surface area contributed by atoms with Crippen molar-refractivity contribution in [1.82, 2.24) is 10.3 Å². The van der Waals surface area contributed by atoms with Gasteiger partial charge in [0.05, 0.1) is 19.2 Å². The topological polar surface area (TPSA) is 69.7 Å². The number of rotatable bonds is 6. The minimum atomic E-state index is -0.469. The zero-order chi connectivity index (χ0) is 20.9. The molecule has 6 heteroatoms. The van der Waals surface area contributed by atoms with Gasteiger partial charge >= 0.3 is 6.09 Å². The Morgan fingerprint density at radius 1 is 1.21 bits per heavy atom. The molecule has 1 fully saturated rings. The minimum absolute atomic E-state index is 0.340. The Bertz CT molecular complexity index is 831. The van der Waals surface area contributed by atoms with Crippen LogP contribution in [0.1, 0.15) is 46.5 Å². The molecule has 1 amide bonds. The van der Waals surface area contributed by atoms with Gasteiger partial charge in [0, 0.05) is 18.1 Å². The lowest BCUT2D eigenvalue weighted by Gasteiger charge is -2.29. The third-order valence-corrected chi connectivity index (χ3v) is 5.21. The Kier molecular flexibility index (Phi) is 6.83. The summed E-state index contributed by atoms with van der Waals surface area (Å²) in [7, 11) is 1.66. The number of alkyl carbamates (subject to hydrolysis) is 1. The Morgan fingerprint density at radius 2 is 2.00 bits per heavy atom. The van der Waals surface area contributed by atoms with Crippen molar-refractivity contribution in [3.8, 4) is 11.5 Å². The molecular weight excluding hydrogens is 368 g/mol. The standard InChI is InChI=1S/C23H32N2O4/c1-23(2,3)29-22(26)25-14-16-6-5-7-17(12-16)15-28-21-10-11-24-20-9-8-18(27-4)13-19(20)21/h8-11,13,16-17H,5-7,12,14-15H2,1-4H3,(H,25,26). The van der Waals surface area contributed by atoms with Crippen molar-refractivity contribution in [3.63, 3.8) is 0 Å². The zero-order valence-corrected chi connectivity index (χ0v) is 17.9. The van der Waals surface area contributed by atoms with Gasteiger partial charge in [0.1, 0.15) is 17.1 Å². The lowest BCUT2D eigenvalue weighted by atomic mass is 9.82. The van der Waals surface area contributed by atoms with Crippen LogP contribution in [0.4, 0.5) is 4.79 Å². The van der Waals surface area contributed by atoms with Crippen LogP contribution in [0.3, 0.4) is 0 Å². The number of pyridine rings is 1. The summed E-state index contributed by atoms with van der Waals surface area (Å²) in [5.41, 5.74) is 0.426. The van der Waals surface area contributed by atoms with Crippen LogP contribution in [0.15, 0.2) is 30.5 Å². The summed E-state index contributed by atoms with van der Waals surface area (Å²) < 4.78 is 16.9. The van der Waals surface area contributed by atoms with Gasteiger partial charge in [0.25, 0.3) is 0 Å². The number of carbonyl (C=O) groups is 1.